The average molecular weight is 292 g/mol. The van der Waals surface area contributed by atoms with Crippen molar-refractivity contribution >= 4 is 11.7 Å². The normalized spacial score (nSPS) is 20.8. The summed E-state index contributed by atoms with van der Waals surface area (Å²) in [5, 5.41) is 3.08. The van der Waals surface area contributed by atoms with E-state index in [1.165, 1.54) is 6.42 Å². The van der Waals surface area contributed by atoms with Gasteiger partial charge >= 0.3 is 0 Å². The molecule has 2 aliphatic heterocycles. The van der Waals surface area contributed by atoms with Gasteiger partial charge in [0.25, 0.3) is 0 Å². The molecule has 6 nitrogen and oxygen atoms in total. The van der Waals surface area contributed by atoms with E-state index in [1.54, 1.807) is 6.20 Å². The van der Waals surface area contributed by atoms with Crippen LogP contribution in [-0.4, -0.2) is 52.7 Å². The summed E-state index contributed by atoms with van der Waals surface area (Å²) in [6, 6.07) is -0.0800. The summed E-state index contributed by atoms with van der Waals surface area (Å²) in [6.45, 7) is 6.11. The number of carbonyl (C=O) groups is 1. The van der Waals surface area contributed by atoms with E-state index in [1.807, 2.05) is 0 Å². The first-order valence-corrected chi connectivity index (χ1v) is 7.96. The highest BCUT2D eigenvalue weighted by atomic mass is 16.5. The van der Waals surface area contributed by atoms with Gasteiger partial charge in [0.1, 0.15) is 11.6 Å². The molecule has 1 atom stereocenters. The maximum absolute atomic E-state index is 12.6. The predicted molar refractivity (Wildman–Crippen MR) is 80.3 cm³/mol. The van der Waals surface area contributed by atoms with Crippen LogP contribution in [0.5, 0.6) is 0 Å². The maximum atomic E-state index is 12.6. The third-order valence-electron chi connectivity index (χ3n) is 4.40. The Morgan fingerprint density at radius 2 is 2.19 bits per heavy atom. The van der Waals surface area contributed by atoms with Crippen LogP contribution in [0.25, 0.3) is 0 Å². The highest BCUT2D eigenvalue weighted by Gasteiger charge is 2.27. The molecule has 21 heavy (non-hydrogen) atoms. The fourth-order valence-electron chi connectivity index (χ4n) is 3.22. The lowest BCUT2D eigenvalue weighted by Gasteiger charge is -2.33. The Balaban J connectivity index is 1.68. The van der Waals surface area contributed by atoms with Crippen molar-refractivity contribution in [3.63, 3.8) is 0 Å². The van der Waals surface area contributed by atoms with Gasteiger partial charge in [-0.05, 0) is 19.3 Å². The number of carbonyl (C=O) groups excluding carboxylic acids is 1. The van der Waals surface area contributed by atoms with Crippen LogP contribution in [0.2, 0.25) is 0 Å². The molecular formula is C15H24N4O2. The van der Waals surface area contributed by atoms with Gasteiger partial charge < -0.3 is 14.6 Å². The van der Waals surface area contributed by atoms with Crippen LogP contribution in [0.3, 0.4) is 0 Å². The van der Waals surface area contributed by atoms with Gasteiger partial charge in [-0.15, -0.1) is 0 Å². The SMILES string of the molecule is CCC(C(=O)Nc1cnc2n1CCCC2)N1CCOCC1. The molecule has 0 spiro atoms. The molecule has 3 rings (SSSR count). The van der Waals surface area contributed by atoms with Crippen molar-refractivity contribution in [1.29, 1.82) is 0 Å². The summed E-state index contributed by atoms with van der Waals surface area (Å²) in [5.41, 5.74) is 0. The van der Waals surface area contributed by atoms with Crippen molar-refractivity contribution in [2.75, 3.05) is 31.6 Å². The van der Waals surface area contributed by atoms with E-state index in [2.05, 4.69) is 26.7 Å². The minimum Gasteiger partial charge on any atom is -0.379 e. The molecule has 0 saturated carbocycles. The van der Waals surface area contributed by atoms with Gasteiger partial charge in [0.15, 0.2) is 0 Å². The van der Waals surface area contributed by atoms with E-state index in [9.17, 15) is 4.79 Å². The van der Waals surface area contributed by atoms with Crippen molar-refractivity contribution in [1.82, 2.24) is 14.5 Å². The minimum atomic E-state index is -0.0800. The number of aromatic nitrogens is 2. The summed E-state index contributed by atoms with van der Waals surface area (Å²) >= 11 is 0. The summed E-state index contributed by atoms with van der Waals surface area (Å²) in [4.78, 5) is 19.2. The summed E-state index contributed by atoms with van der Waals surface area (Å²) in [6.07, 6.45) is 5.97. The van der Waals surface area contributed by atoms with Gasteiger partial charge in [-0.25, -0.2) is 4.98 Å². The molecule has 0 aromatic carbocycles. The lowest BCUT2D eigenvalue weighted by atomic mass is 10.1. The number of fused-ring (bicyclic) bond motifs is 1. The lowest BCUT2D eigenvalue weighted by molar-refractivity contribution is -0.123. The molecule has 2 aliphatic rings. The largest absolute Gasteiger partial charge is 0.379 e. The molecule has 1 aromatic rings. The number of imidazole rings is 1. The van der Waals surface area contributed by atoms with Gasteiger partial charge in [-0.3, -0.25) is 9.69 Å². The molecule has 0 aliphatic carbocycles. The zero-order valence-corrected chi connectivity index (χ0v) is 12.7. The zero-order chi connectivity index (χ0) is 14.7. The van der Waals surface area contributed by atoms with Crippen molar-refractivity contribution < 1.29 is 9.53 Å². The van der Waals surface area contributed by atoms with Crippen LogP contribution in [0, 0.1) is 0 Å². The molecule has 1 aromatic heterocycles. The van der Waals surface area contributed by atoms with Crippen LogP contribution in [0.4, 0.5) is 5.82 Å². The smallest absolute Gasteiger partial charge is 0.242 e. The Bertz CT molecular complexity index is 494. The Morgan fingerprint density at radius 1 is 1.38 bits per heavy atom. The highest BCUT2D eigenvalue weighted by molar-refractivity contribution is 5.94. The Labute approximate surface area is 125 Å². The van der Waals surface area contributed by atoms with Crippen LogP contribution < -0.4 is 5.32 Å². The molecule has 3 heterocycles. The van der Waals surface area contributed by atoms with Crippen LogP contribution in [0.15, 0.2) is 6.20 Å². The molecule has 1 unspecified atom stereocenters. The van der Waals surface area contributed by atoms with Crippen LogP contribution in [-0.2, 0) is 22.5 Å². The van der Waals surface area contributed by atoms with Crippen molar-refractivity contribution in [2.45, 2.75) is 45.2 Å². The lowest BCUT2D eigenvalue weighted by Crippen LogP contribution is -2.49. The zero-order valence-electron chi connectivity index (χ0n) is 12.7. The maximum Gasteiger partial charge on any atom is 0.242 e. The molecule has 0 radical (unpaired) electrons. The number of nitrogens with zero attached hydrogens (tertiary/aromatic N) is 3. The molecule has 1 fully saturated rings. The second kappa shape index (κ2) is 6.58. The van der Waals surface area contributed by atoms with E-state index in [0.29, 0.717) is 13.2 Å². The van der Waals surface area contributed by atoms with Crippen molar-refractivity contribution in [3.8, 4) is 0 Å². The third kappa shape index (κ3) is 3.11. The van der Waals surface area contributed by atoms with Gasteiger partial charge in [0.05, 0.1) is 25.5 Å². The second-order valence-corrected chi connectivity index (χ2v) is 5.73. The van der Waals surface area contributed by atoms with Gasteiger partial charge in [0, 0.05) is 26.1 Å². The standard InChI is InChI=1S/C15H24N4O2/c1-2-12(18-7-9-21-10-8-18)15(20)17-14-11-16-13-5-3-4-6-19(13)14/h11-12H,2-10H2,1H3,(H,17,20). The first-order valence-electron chi connectivity index (χ1n) is 7.96. The van der Waals surface area contributed by atoms with E-state index in [0.717, 1.165) is 50.5 Å². The molecule has 116 valence electrons. The summed E-state index contributed by atoms with van der Waals surface area (Å²) < 4.78 is 7.51. The molecule has 0 bridgehead atoms. The number of amides is 1. The monoisotopic (exact) mass is 292 g/mol. The van der Waals surface area contributed by atoms with E-state index < -0.39 is 0 Å². The van der Waals surface area contributed by atoms with Crippen LogP contribution >= 0.6 is 0 Å². The number of aryl methyl sites for hydroxylation is 1. The number of rotatable bonds is 4. The van der Waals surface area contributed by atoms with Crippen molar-refractivity contribution in [2.24, 2.45) is 0 Å². The Hall–Kier alpha value is -1.40. The Morgan fingerprint density at radius 3 is 2.95 bits per heavy atom. The fourth-order valence-corrected chi connectivity index (χ4v) is 3.22. The van der Waals surface area contributed by atoms with Gasteiger partial charge in [-0.2, -0.15) is 0 Å². The van der Waals surface area contributed by atoms with Crippen molar-refractivity contribution in [3.05, 3.63) is 12.0 Å². The second-order valence-electron chi connectivity index (χ2n) is 5.73. The number of hydrogen-bond donors (Lipinski definition) is 1. The Kier molecular flexibility index (Phi) is 4.55. The molecular weight excluding hydrogens is 268 g/mol. The predicted octanol–water partition coefficient (Wildman–Crippen LogP) is 1.27. The summed E-state index contributed by atoms with van der Waals surface area (Å²) in [5.74, 6) is 2.02. The number of ether oxygens (including phenoxy) is 1. The number of nitrogens with one attached hydrogen (secondary N) is 1. The number of anilines is 1. The third-order valence-corrected chi connectivity index (χ3v) is 4.40. The first-order chi connectivity index (χ1) is 10.3. The number of hydrogen-bond acceptors (Lipinski definition) is 4. The summed E-state index contributed by atoms with van der Waals surface area (Å²) in [7, 11) is 0. The quantitative estimate of drug-likeness (QED) is 0.908. The van der Waals surface area contributed by atoms with Gasteiger partial charge in [-0.1, -0.05) is 6.92 Å². The van der Waals surface area contributed by atoms with Crippen LogP contribution in [0.1, 0.15) is 32.0 Å². The molecule has 1 saturated heterocycles. The molecule has 1 amide bonds. The molecule has 6 heteroatoms. The van der Waals surface area contributed by atoms with E-state index in [-0.39, 0.29) is 11.9 Å². The van der Waals surface area contributed by atoms with Gasteiger partial charge in [0.2, 0.25) is 5.91 Å². The number of morpholine rings is 1. The molecule has 1 N–H and O–H groups in total. The van der Waals surface area contributed by atoms with E-state index in [4.69, 9.17) is 4.74 Å². The minimum absolute atomic E-state index is 0.0765. The first kappa shape index (κ1) is 14.5. The highest BCUT2D eigenvalue weighted by Crippen LogP contribution is 2.20. The average Bonchev–Trinajstić information content (AvgIpc) is 2.92. The van der Waals surface area contributed by atoms with E-state index >= 15 is 0 Å². The topological polar surface area (TPSA) is 59.4 Å². The fraction of sp³-hybridized carbons (Fsp3) is 0.733.